The second-order valence-electron chi connectivity index (χ2n) is 13.5. The maximum atomic E-state index is 2.37. The molecule has 50 heavy (non-hydrogen) atoms. The Balaban J connectivity index is 1.11. The average Bonchev–Trinajstić information content (AvgIpc) is 3.19. The molecule has 1 aliphatic carbocycles. The van der Waals surface area contributed by atoms with E-state index < -0.39 is 0 Å². The molecule has 0 amide bonds. The van der Waals surface area contributed by atoms with Crippen molar-refractivity contribution in [1.29, 1.82) is 0 Å². The maximum Gasteiger partial charge on any atom is -0.00297 e. The van der Waals surface area contributed by atoms with E-state index >= 15 is 0 Å². The van der Waals surface area contributed by atoms with Crippen LogP contribution in [0.1, 0.15) is 17.5 Å². The van der Waals surface area contributed by atoms with Crippen LogP contribution in [0.2, 0.25) is 0 Å². The molecular formula is C50H34. The Kier molecular flexibility index (Phi) is 6.74. The third-order valence-corrected chi connectivity index (χ3v) is 10.7. The van der Waals surface area contributed by atoms with E-state index in [1.54, 1.807) is 0 Å². The lowest BCUT2D eigenvalue weighted by atomic mass is 9.80. The Morgan fingerprint density at radius 1 is 0.340 bits per heavy atom. The number of hydrogen-bond donors (Lipinski definition) is 0. The number of hydrogen-bond acceptors (Lipinski definition) is 0. The van der Waals surface area contributed by atoms with Crippen molar-refractivity contribution in [3.8, 4) is 44.5 Å². The fourth-order valence-electron chi connectivity index (χ4n) is 8.43. The first-order chi connectivity index (χ1) is 24.8. The summed E-state index contributed by atoms with van der Waals surface area (Å²) in [5.74, 6) is 0. The molecule has 0 unspecified atom stereocenters. The minimum Gasteiger partial charge on any atom is -0.0836 e. The highest BCUT2D eigenvalue weighted by atomic mass is 14.3. The minimum absolute atomic E-state index is 1.03. The Hall–Kier alpha value is -6.24. The molecule has 0 aromatic heterocycles. The largest absolute Gasteiger partial charge is 0.0836 e. The highest BCUT2D eigenvalue weighted by Crippen LogP contribution is 2.45. The molecule has 1 aliphatic rings. The Morgan fingerprint density at radius 3 is 1.60 bits per heavy atom. The van der Waals surface area contributed by atoms with Crippen LogP contribution in [0.5, 0.6) is 0 Å². The van der Waals surface area contributed by atoms with Gasteiger partial charge in [-0.25, -0.2) is 0 Å². The molecule has 0 heterocycles. The molecule has 0 heteroatoms. The molecule has 0 spiro atoms. The fraction of sp³-hybridized carbons (Fsp3) is 0.0400. The van der Waals surface area contributed by atoms with E-state index in [1.807, 2.05) is 0 Å². The van der Waals surface area contributed by atoms with E-state index in [2.05, 4.69) is 182 Å². The van der Waals surface area contributed by atoms with Crippen LogP contribution >= 0.6 is 0 Å². The van der Waals surface area contributed by atoms with E-state index in [1.165, 1.54) is 98.7 Å². The third-order valence-electron chi connectivity index (χ3n) is 10.7. The van der Waals surface area contributed by atoms with Crippen LogP contribution in [0.3, 0.4) is 0 Å². The van der Waals surface area contributed by atoms with Gasteiger partial charge in [-0.15, -0.1) is 0 Å². The molecule has 234 valence electrons. The van der Waals surface area contributed by atoms with E-state index in [0.29, 0.717) is 0 Å². The van der Waals surface area contributed by atoms with Crippen LogP contribution < -0.4 is 0 Å². The summed E-state index contributed by atoms with van der Waals surface area (Å²) >= 11 is 0. The fourth-order valence-corrected chi connectivity index (χ4v) is 8.43. The summed E-state index contributed by atoms with van der Waals surface area (Å²) in [5, 5.41) is 10.4. The van der Waals surface area contributed by atoms with Gasteiger partial charge in [0.15, 0.2) is 0 Å². The molecule has 0 aliphatic heterocycles. The van der Waals surface area contributed by atoms with Gasteiger partial charge in [-0.2, -0.15) is 0 Å². The smallest absolute Gasteiger partial charge is 0.00297 e. The minimum atomic E-state index is 1.03. The lowest BCUT2D eigenvalue weighted by Gasteiger charge is -2.24. The Morgan fingerprint density at radius 2 is 0.860 bits per heavy atom. The molecule has 9 aromatic rings. The lowest BCUT2D eigenvalue weighted by molar-refractivity contribution is 0.991. The molecular weight excluding hydrogens is 601 g/mol. The molecule has 0 saturated heterocycles. The summed E-state index contributed by atoms with van der Waals surface area (Å²) in [7, 11) is 0. The number of fused-ring (bicyclic) bond motifs is 6. The van der Waals surface area contributed by atoms with Crippen LogP contribution in [-0.4, -0.2) is 0 Å². The quantitative estimate of drug-likeness (QED) is 0.169. The van der Waals surface area contributed by atoms with Gasteiger partial charge in [0.25, 0.3) is 0 Å². The topological polar surface area (TPSA) is 0 Å². The zero-order chi connectivity index (χ0) is 33.0. The van der Waals surface area contributed by atoms with Crippen LogP contribution in [-0.2, 0) is 6.42 Å². The standard InChI is InChI=1S/C50H34/c1-3-15-39-33(12-1)14-11-23-40(39)34-24-28-36(29-25-34)49-44-19-7-9-21-46(44)50(47-22-10-8-20-45(47)49)37-30-26-35(27-31-37)48-32-38-13-2-4-16-41(38)42-17-5-6-18-43(42)48/h1-7,9-19,21-32H,8,20H2. The predicted molar refractivity (Wildman–Crippen MR) is 216 cm³/mol. The molecule has 0 N–H and O–H groups in total. The van der Waals surface area contributed by atoms with Crippen molar-refractivity contribution >= 4 is 49.2 Å². The first-order valence-corrected chi connectivity index (χ1v) is 17.7. The SMILES string of the molecule is C1=Cc2c(c(-c3ccc(-c4cccc5ccccc45)cc3)c3ccccc3c2-c2ccc(-c3cc4ccccc4c4ccccc34)cc2)CC1. The zero-order valence-electron chi connectivity index (χ0n) is 27.7. The van der Waals surface area contributed by atoms with E-state index in [9.17, 15) is 0 Å². The summed E-state index contributed by atoms with van der Waals surface area (Å²) in [6, 6.07) is 62.7. The normalized spacial score (nSPS) is 12.6. The summed E-state index contributed by atoms with van der Waals surface area (Å²) in [5.41, 5.74) is 13.1. The predicted octanol–water partition coefficient (Wildman–Crippen LogP) is 13.9. The second kappa shape index (κ2) is 11.7. The monoisotopic (exact) mass is 634 g/mol. The van der Waals surface area contributed by atoms with E-state index in [4.69, 9.17) is 0 Å². The molecule has 0 fully saturated rings. The lowest BCUT2D eigenvalue weighted by Crippen LogP contribution is -2.02. The average molecular weight is 635 g/mol. The molecule has 0 bridgehead atoms. The van der Waals surface area contributed by atoms with Gasteiger partial charge in [0.2, 0.25) is 0 Å². The Bertz CT molecular complexity index is 2770. The number of rotatable bonds is 4. The summed E-state index contributed by atoms with van der Waals surface area (Å²) in [4.78, 5) is 0. The molecule has 0 atom stereocenters. The van der Waals surface area contributed by atoms with Gasteiger partial charge in [-0.1, -0.05) is 176 Å². The summed E-state index contributed by atoms with van der Waals surface area (Å²) in [6.07, 6.45) is 6.81. The van der Waals surface area contributed by atoms with Gasteiger partial charge in [0, 0.05) is 0 Å². The highest BCUT2D eigenvalue weighted by Gasteiger charge is 2.22. The van der Waals surface area contributed by atoms with E-state index in [0.717, 1.165) is 12.8 Å². The van der Waals surface area contributed by atoms with Gasteiger partial charge in [0.05, 0.1) is 0 Å². The first kappa shape index (κ1) is 28.7. The highest BCUT2D eigenvalue weighted by molar-refractivity contribution is 6.14. The number of benzene rings is 9. The van der Waals surface area contributed by atoms with Gasteiger partial charge in [0.1, 0.15) is 0 Å². The van der Waals surface area contributed by atoms with Gasteiger partial charge in [-0.3, -0.25) is 0 Å². The summed E-state index contributed by atoms with van der Waals surface area (Å²) < 4.78 is 0. The maximum absolute atomic E-state index is 2.37. The van der Waals surface area contributed by atoms with Crippen molar-refractivity contribution in [2.75, 3.05) is 0 Å². The third kappa shape index (κ3) is 4.60. The van der Waals surface area contributed by atoms with Crippen molar-refractivity contribution in [1.82, 2.24) is 0 Å². The molecule has 10 rings (SSSR count). The van der Waals surface area contributed by atoms with E-state index in [-0.39, 0.29) is 0 Å². The summed E-state index contributed by atoms with van der Waals surface area (Å²) in [6.45, 7) is 0. The van der Waals surface area contributed by atoms with Crippen LogP contribution in [0.15, 0.2) is 176 Å². The van der Waals surface area contributed by atoms with Crippen LogP contribution in [0.25, 0.3) is 93.7 Å². The van der Waals surface area contributed by atoms with Crippen molar-refractivity contribution in [3.63, 3.8) is 0 Å². The van der Waals surface area contributed by atoms with Crippen LogP contribution in [0.4, 0.5) is 0 Å². The molecule has 9 aromatic carbocycles. The first-order valence-electron chi connectivity index (χ1n) is 17.7. The molecule has 0 nitrogen and oxygen atoms in total. The van der Waals surface area contributed by atoms with Gasteiger partial charge < -0.3 is 0 Å². The van der Waals surface area contributed by atoms with Crippen LogP contribution in [0, 0.1) is 0 Å². The molecule has 0 saturated carbocycles. The van der Waals surface area contributed by atoms with Crippen molar-refractivity contribution < 1.29 is 0 Å². The van der Waals surface area contributed by atoms with Crippen molar-refractivity contribution in [2.45, 2.75) is 12.8 Å². The second-order valence-corrected chi connectivity index (χ2v) is 13.5. The van der Waals surface area contributed by atoms with Gasteiger partial charge >= 0.3 is 0 Å². The molecule has 0 radical (unpaired) electrons. The number of allylic oxidation sites excluding steroid dienone is 1. The Labute approximate surface area is 292 Å². The van der Waals surface area contributed by atoms with Crippen molar-refractivity contribution in [3.05, 3.63) is 187 Å². The zero-order valence-corrected chi connectivity index (χ0v) is 27.7. The van der Waals surface area contributed by atoms with Crippen molar-refractivity contribution in [2.24, 2.45) is 0 Å². The van der Waals surface area contributed by atoms with Gasteiger partial charge in [-0.05, 0) is 118 Å².